The van der Waals surface area contributed by atoms with Crippen molar-refractivity contribution in [3.8, 4) is 6.07 Å². The maximum atomic E-state index is 9.96. The van der Waals surface area contributed by atoms with Gasteiger partial charge in [-0.2, -0.15) is 5.26 Å². The van der Waals surface area contributed by atoms with Crippen molar-refractivity contribution in [2.45, 2.75) is 31.4 Å². The third kappa shape index (κ3) is 3.29. The summed E-state index contributed by atoms with van der Waals surface area (Å²) >= 11 is 0. The standard InChI is InChI=1S/C14H18N2O/c15-12-14(17)7-4-9-16(10-8-14)11-13-5-2-1-3-6-13/h1-3,5-6,17H,4,7-11H2. The van der Waals surface area contributed by atoms with E-state index in [0.717, 1.165) is 26.1 Å². The smallest absolute Gasteiger partial charge is 0.152 e. The molecule has 1 unspecified atom stereocenters. The van der Waals surface area contributed by atoms with E-state index < -0.39 is 5.60 Å². The van der Waals surface area contributed by atoms with Gasteiger partial charge in [0, 0.05) is 19.5 Å². The van der Waals surface area contributed by atoms with Crippen molar-refractivity contribution >= 4 is 0 Å². The average Bonchev–Trinajstić information content (AvgIpc) is 2.54. The van der Waals surface area contributed by atoms with Gasteiger partial charge in [0.25, 0.3) is 0 Å². The van der Waals surface area contributed by atoms with Crippen molar-refractivity contribution in [3.05, 3.63) is 35.9 Å². The van der Waals surface area contributed by atoms with Crippen molar-refractivity contribution in [2.75, 3.05) is 13.1 Å². The van der Waals surface area contributed by atoms with Gasteiger partial charge in [0.05, 0.1) is 6.07 Å². The lowest BCUT2D eigenvalue weighted by atomic mass is 9.97. The van der Waals surface area contributed by atoms with Crippen molar-refractivity contribution < 1.29 is 5.11 Å². The Hall–Kier alpha value is -1.37. The van der Waals surface area contributed by atoms with Crippen molar-refractivity contribution in [3.63, 3.8) is 0 Å². The van der Waals surface area contributed by atoms with Crippen LogP contribution in [0.4, 0.5) is 0 Å². The zero-order chi connectivity index (χ0) is 12.1. The van der Waals surface area contributed by atoms with E-state index in [4.69, 9.17) is 5.26 Å². The third-order valence-corrected chi connectivity index (χ3v) is 3.36. The Morgan fingerprint density at radius 1 is 1.24 bits per heavy atom. The Balaban J connectivity index is 1.94. The number of benzene rings is 1. The predicted octanol–water partition coefficient (Wildman–Crippen LogP) is 1.93. The summed E-state index contributed by atoms with van der Waals surface area (Å²) in [4.78, 5) is 2.31. The molecule has 0 saturated carbocycles. The molecule has 0 amide bonds. The minimum absolute atomic E-state index is 0.552. The first kappa shape index (κ1) is 12.1. The maximum absolute atomic E-state index is 9.96. The summed E-state index contributed by atoms with van der Waals surface area (Å²) in [7, 11) is 0. The van der Waals surface area contributed by atoms with Crippen LogP contribution in [0.2, 0.25) is 0 Å². The van der Waals surface area contributed by atoms with E-state index in [1.54, 1.807) is 0 Å². The fourth-order valence-corrected chi connectivity index (χ4v) is 2.29. The molecule has 3 nitrogen and oxygen atoms in total. The van der Waals surface area contributed by atoms with Gasteiger partial charge in [-0.1, -0.05) is 30.3 Å². The van der Waals surface area contributed by atoms with Crippen LogP contribution in [0.5, 0.6) is 0 Å². The van der Waals surface area contributed by atoms with Gasteiger partial charge in [0.2, 0.25) is 0 Å². The molecule has 3 heteroatoms. The second-order valence-electron chi connectivity index (χ2n) is 4.76. The number of likely N-dealkylation sites (tertiary alicyclic amines) is 1. The van der Waals surface area contributed by atoms with Gasteiger partial charge in [0.1, 0.15) is 0 Å². The van der Waals surface area contributed by atoms with Crippen molar-refractivity contribution in [1.29, 1.82) is 5.26 Å². The molecule has 1 saturated heterocycles. The molecule has 90 valence electrons. The molecular formula is C14H18N2O. The van der Waals surface area contributed by atoms with E-state index >= 15 is 0 Å². The normalized spacial score (nSPS) is 26.1. The van der Waals surface area contributed by atoms with E-state index in [0.29, 0.717) is 12.8 Å². The maximum Gasteiger partial charge on any atom is 0.152 e. The number of rotatable bonds is 2. The summed E-state index contributed by atoms with van der Waals surface area (Å²) in [5.41, 5.74) is 0.181. The zero-order valence-electron chi connectivity index (χ0n) is 9.97. The highest BCUT2D eigenvalue weighted by molar-refractivity contribution is 5.14. The molecular weight excluding hydrogens is 212 g/mol. The summed E-state index contributed by atoms with van der Waals surface area (Å²) in [5, 5.41) is 18.9. The SMILES string of the molecule is N#CC1(O)CCCN(Cc2ccccc2)CC1. The Labute approximate surface area is 102 Å². The molecule has 17 heavy (non-hydrogen) atoms. The first-order valence-corrected chi connectivity index (χ1v) is 6.12. The minimum Gasteiger partial charge on any atom is -0.375 e. The Morgan fingerprint density at radius 3 is 2.71 bits per heavy atom. The molecule has 1 aromatic carbocycles. The number of nitriles is 1. The molecule has 0 aromatic heterocycles. The third-order valence-electron chi connectivity index (χ3n) is 3.36. The fourth-order valence-electron chi connectivity index (χ4n) is 2.29. The summed E-state index contributed by atoms with van der Waals surface area (Å²) in [5.74, 6) is 0. The largest absolute Gasteiger partial charge is 0.375 e. The highest BCUT2D eigenvalue weighted by Crippen LogP contribution is 2.22. The van der Waals surface area contributed by atoms with Crippen molar-refractivity contribution in [2.24, 2.45) is 0 Å². The number of hydrogen-bond donors (Lipinski definition) is 1. The van der Waals surface area contributed by atoms with Gasteiger partial charge in [-0.3, -0.25) is 4.90 Å². The van der Waals surface area contributed by atoms with E-state index in [1.807, 2.05) is 24.3 Å². The molecule has 1 atom stereocenters. The first-order valence-electron chi connectivity index (χ1n) is 6.12. The van der Waals surface area contributed by atoms with Crippen LogP contribution in [0.3, 0.4) is 0 Å². The highest BCUT2D eigenvalue weighted by Gasteiger charge is 2.29. The fraction of sp³-hybridized carbons (Fsp3) is 0.500. The Bertz CT molecular complexity index is 398. The van der Waals surface area contributed by atoms with E-state index in [2.05, 4.69) is 17.0 Å². The van der Waals surface area contributed by atoms with Crippen LogP contribution in [0.15, 0.2) is 30.3 Å². The quantitative estimate of drug-likeness (QED) is 0.790. The molecule has 1 fully saturated rings. The van der Waals surface area contributed by atoms with Crippen LogP contribution in [0.1, 0.15) is 24.8 Å². The molecule has 0 aliphatic carbocycles. The number of hydrogen-bond acceptors (Lipinski definition) is 3. The van der Waals surface area contributed by atoms with Gasteiger partial charge < -0.3 is 5.11 Å². The number of nitrogens with zero attached hydrogens (tertiary/aromatic N) is 2. The second kappa shape index (κ2) is 5.31. The van der Waals surface area contributed by atoms with E-state index in [9.17, 15) is 5.11 Å². The van der Waals surface area contributed by atoms with Crippen LogP contribution in [-0.2, 0) is 6.54 Å². The summed E-state index contributed by atoms with van der Waals surface area (Å²) in [6, 6.07) is 12.4. The lowest BCUT2D eigenvalue weighted by Crippen LogP contribution is -2.29. The summed E-state index contributed by atoms with van der Waals surface area (Å²) in [6.07, 6.45) is 2.03. The molecule has 0 bridgehead atoms. The molecule has 1 aliphatic heterocycles. The Morgan fingerprint density at radius 2 is 2.00 bits per heavy atom. The topological polar surface area (TPSA) is 47.3 Å². The van der Waals surface area contributed by atoms with Gasteiger partial charge in [-0.05, 0) is 24.9 Å². The monoisotopic (exact) mass is 230 g/mol. The van der Waals surface area contributed by atoms with Crippen LogP contribution in [-0.4, -0.2) is 28.7 Å². The summed E-state index contributed by atoms with van der Waals surface area (Å²) in [6.45, 7) is 2.65. The molecule has 0 radical (unpaired) electrons. The minimum atomic E-state index is -1.11. The highest BCUT2D eigenvalue weighted by atomic mass is 16.3. The van der Waals surface area contributed by atoms with Crippen LogP contribution >= 0.6 is 0 Å². The van der Waals surface area contributed by atoms with Crippen LogP contribution in [0.25, 0.3) is 0 Å². The van der Waals surface area contributed by atoms with Gasteiger partial charge in [-0.15, -0.1) is 0 Å². The summed E-state index contributed by atoms with van der Waals surface area (Å²) < 4.78 is 0. The Kier molecular flexibility index (Phi) is 3.78. The lowest BCUT2D eigenvalue weighted by molar-refractivity contribution is 0.0820. The molecule has 0 spiro atoms. The van der Waals surface area contributed by atoms with Crippen LogP contribution < -0.4 is 0 Å². The van der Waals surface area contributed by atoms with Crippen molar-refractivity contribution in [1.82, 2.24) is 4.90 Å². The lowest BCUT2D eigenvalue weighted by Gasteiger charge is -2.20. The zero-order valence-corrected chi connectivity index (χ0v) is 9.97. The second-order valence-corrected chi connectivity index (χ2v) is 4.76. The predicted molar refractivity (Wildman–Crippen MR) is 66.1 cm³/mol. The van der Waals surface area contributed by atoms with Gasteiger partial charge >= 0.3 is 0 Å². The molecule has 1 aromatic rings. The number of aliphatic hydroxyl groups is 1. The molecule has 1 heterocycles. The molecule has 1 aliphatic rings. The van der Waals surface area contributed by atoms with Crippen LogP contribution in [0, 0.1) is 11.3 Å². The molecule has 1 N–H and O–H groups in total. The first-order chi connectivity index (χ1) is 8.22. The van der Waals surface area contributed by atoms with E-state index in [1.165, 1.54) is 5.56 Å². The molecule has 2 rings (SSSR count). The van der Waals surface area contributed by atoms with Gasteiger partial charge in [0.15, 0.2) is 5.60 Å². The average molecular weight is 230 g/mol. The van der Waals surface area contributed by atoms with Gasteiger partial charge in [-0.25, -0.2) is 0 Å². The van der Waals surface area contributed by atoms with E-state index in [-0.39, 0.29) is 0 Å².